The van der Waals surface area contributed by atoms with Gasteiger partial charge in [0, 0.05) is 24.3 Å². The first kappa shape index (κ1) is 16.1. The van der Waals surface area contributed by atoms with Gasteiger partial charge in [-0.05, 0) is 48.4 Å². The molecule has 1 aromatic heterocycles. The van der Waals surface area contributed by atoms with Gasteiger partial charge in [0.05, 0.1) is 22.1 Å². The first-order valence-corrected chi connectivity index (χ1v) is 9.58. The second kappa shape index (κ2) is 5.86. The molecule has 0 fully saturated rings. The van der Waals surface area contributed by atoms with E-state index in [4.69, 9.17) is 11.6 Å². The van der Waals surface area contributed by atoms with Gasteiger partial charge in [0.15, 0.2) is 5.82 Å². The molecule has 8 heteroatoms. The van der Waals surface area contributed by atoms with Crippen LogP contribution in [0, 0.1) is 0 Å². The zero-order valence-electron chi connectivity index (χ0n) is 13.4. The topological polar surface area (TPSA) is 75.2 Å². The van der Waals surface area contributed by atoms with Gasteiger partial charge in [-0.2, -0.15) is 0 Å². The Bertz CT molecular complexity index is 1090. The largest absolute Gasteiger partial charge is 0.374 e. The van der Waals surface area contributed by atoms with E-state index >= 15 is 0 Å². The molecule has 1 aliphatic heterocycles. The Hall–Kier alpha value is -2.38. The first-order chi connectivity index (χ1) is 11.9. The molecular weight excluding hydrogens is 360 g/mol. The quantitative estimate of drug-likeness (QED) is 0.762. The number of anilines is 2. The molecule has 0 atom stereocenters. The van der Waals surface area contributed by atoms with Crippen molar-refractivity contribution in [1.29, 1.82) is 0 Å². The fourth-order valence-corrected chi connectivity index (χ4v) is 4.14. The van der Waals surface area contributed by atoms with Gasteiger partial charge in [0.25, 0.3) is 10.0 Å². The summed E-state index contributed by atoms with van der Waals surface area (Å²) in [6.07, 6.45) is 2.23. The zero-order chi connectivity index (χ0) is 17.6. The summed E-state index contributed by atoms with van der Waals surface area (Å²) in [5, 5.41) is 0.554. The monoisotopic (exact) mass is 374 g/mol. The van der Waals surface area contributed by atoms with E-state index in [1.807, 2.05) is 13.1 Å². The second-order valence-corrected chi connectivity index (χ2v) is 8.07. The number of halogens is 1. The number of nitrogens with zero attached hydrogens (tertiary/aromatic N) is 3. The average molecular weight is 375 g/mol. The summed E-state index contributed by atoms with van der Waals surface area (Å²) in [5.41, 5.74) is 3.28. The number of hydrogen-bond donors (Lipinski definition) is 1. The number of nitrogens with one attached hydrogen (secondary N) is 1. The van der Waals surface area contributed by atoms with Crippen LogP contribution >= 0.6 is 11.6 Å². The molecule has 25 heavy (non-hydrogen) atoms. The zero-order valence-corrected chi connectivity index (χ0v) is 15.0. The number of benzene rings is 2. The van der Waals surface area contributed by atoms with Crippen molar-refractivity contribution in [1.82, 2.24) is 9.97 Å². The molecule has 2 aromatic carbocycles. The molecule has 6 nitrogen and oxygen atoms in total. The Morgan fingerprint density at radius 3 is 2.84 bits per heavy atom. The van der Waals surface area contributed by atoms with Crippen LogP contribution in [0.3, 0.4) is 0 Å². The fraction of sp³-hybridized carbons (Fsp3) is 0.176. The van der Waals surface area contributed by atoms with E-state index in [2.05, 4.69) is 19.6 Å². The lowest BCUT2D eigenvalue weighted by molar-refractivity contribution is 0.601. The van der Waals surface area contributed by atoms with Gasteiger partial charge in [-0.25, -0.2) is 13.4 Å². The maximum Gasteiger partial charge on any atom is 0.263 e. The molecular formula is C17H15ClN4O2S. The molecule has 128 valence electrons. The molecule has 4 rings (SSSR count). The van der Waals surface area contributed by atoms with Gasteiger partial charge in [-0.15, -0.1) is 0 Å². The normalized spacial score (nSPS) is 13.9. The van der Waals surface area contributed by atoms with Crippen LogP contribution in [0.5, 0.6) is 0 Å². The lowest BCUT2D eigenvalue weighted by Crippen LogP contribution is -2.15. The third-order valence-electron chi connectivity index (χ3n) is 4.23. The summed E-state index contributed by atoms with van der Waals surface area (Å²) in [6, 6.07) is 10.2. The number of likely N-dealkylation sites (N-methyl/N-ethyl adjacent to an activating group) is 1. The van der Waals surface area contributed by atoms with Gasteiger partial charge in [0.1, 0.15) is 0 Å². The SMILES string of the molecule is CN1CCc2cc(S(=O)(=O)Nc3cnc4cc(Cl)ccc4n3)ccc21. The summed E-state index contributed by atoms with van der Waals surface area (Å²) in [4.78, 5) is 10.8. The molecule has 1 N–H and O–H groups in total. The number of rotatable bonds is 3. The Labute approximate surface area is 150 Å². The van der Waals surface area contributed by atoms with Crippen LogP contribution in [-0.4, -0.2) is 32.0 Å². The fourth-order valence-electron chi connectivity index (χ4n) is 2.94. The average Bonchev–Trinajstić information content (AvgIpc) is 2.95. The summed E-state index contributed by atoms with van der Waals surface area (Å²) in [5.74, 6) is 0.174. The Kier molecular flexibility index (Phi) is 3.77. The van der Waals surface area contributed by atoms with Gasteiger partial charge >= 0.3 is 0 Å². The van der Waals surface area contributed by atoms with Gasteiger partial charge < -0.3 is 4.90 Å². The van der Waals surface area contributed by atoms with Crippen molar-refractivity contribution in [2.45, 2.75) is 11.3 Å². The van der Waals surface area contributed by atoms with Crippen molar-refractivity contribution in [3.8, 4) is 0 Å². The number of hydrogen-bond acceptors (Lipinski definition) is 5. The molecule has 0 unspecified atom stereocenters. The molecule has 0 radical (unpaired) electrons. The molecule has 0 spiro atoms. The standard InChI is InChI=1S/C17H15ClN4O2S/c1-22-7-6-11-8-13(3-5-16(11)22)25(23,24)21-17-10-19-15-9-12(18)2-4-14(15)20-17/h2-5,8-10H,6-7H2,1H3,(H,20,21). The van der Waals surface area contributed by atoms with Crippen molar-refractivity contribution in [3.05, 3.63) is 53.2 Å². The highest BCUT2D eigenvalue weighted by atomic mass is 35.5. The van der Waals surface area contributed by atoms with E-state index in [0.717, 1.165) is 24.2 Å². The number of fused-ring (bicyclic) bond motifs is 2. The van der Waals surface area contributed by atoms with Crippen LogP contribution in [0.1, 0.15) is 5.56 Å². The van der Waals surface area contributed by atoms with Gasteiger partial charge in [0.2, 0.25) is 0 Å². The lowest BCUT2D eigenvalue weighted by Gasteiger charge is -2.13. The van der Waals surface area contributed by atoms with E-state index in [-0.39, 0.29) is 10.7 Å². The van der Waals surface area contributed by atoms with Crippen LogP contribution < -0.4 is 9.62 Å². The van der Waals surface area contributed by atoms with E-state index in [1.54, 1.807) is 30.3 Å². The number of sulfonamides is 1. The van der Waals surface area contributed by atoms with E-state index in [0.29, 0.717) is 16.1 Å². The van der Waals surface area contributed by atoms with E-state index < -0.39 is 10.0 Å². The Morgan fingerprint density at radius 2 is 2.00 bits per heavy atom. The van der Waals surface area contributed by atoms with Crippen LogP contribution in [0.4, 0.5) is 11.5 Å². The molecule has 0 saturated heterocycles. The van der Waals surface area contributed by atoms with E-state index in [1.165, 1.54) is 6.20 Å². The minimum absolute atomic E-state index is 0.174. The van der Waals surface area contributed by atoms with Gasteiger partial charge in [-0.1, -0.05) is 11.6 Å². The highest BCUT2D eigenvalue weighted by Gasteiger charge is 2.21. The third kappa shape index (κ3) is 3.01. The van der Waals surface area contributed by atoms with Crippen LogP contribution in [0.2, 0.25) is 5.02 Å². The Balaban J connectivity index is 1.66. The maximum atomic E-state index is 12.7. The smallest absolute Gasteiger partial charge is 0.263 e. The molecule has 0 bridgehead atoms. The third-order valence-corrected chi connectivity index (χ3v) is 5.82. The van der Waals surface area contributed by atoms with Crippen molar-refractivity contribution in [2.75, 3.05) is 23.2 Å². The maximum absolute atomic E-state index is 12.7. The second-order valence-electron chi connectivity index (χ2n) is 5.96. The summed E-state index contributed by atoms with van der Waals surface area (Å²) >= 11 is 5.92. The molecule has 0 aliphatic carbocycles. The summed E-state index contributed by atoms with van der Waals surface area (Å²) in [6.45, 7) is 0.894. The van der Waals surface area contributed by atoms with Crippen LogP contribution in [0.25, 0.3) is 11.0 Å². The van der Waals surface area contributed by atoms with E-state index in [9.17, 15) is 8.42 Å². The van der Waals surface area contributed by atoms with Crippen molar-refractivity contribution >= 4 is 44.2 Å². The summed E-state index contributed by atoms with van der Waals surface area (Å²) in [7, 11) is -1.73. The minimum atomic E-state index is -3.73. The van der Waals surface area contributed by atoms with Crippen LogP contribution in [-0.2, 0) is 16.4 Å². The molecule has 3 aromatic rings. The van der Waals surface area contributed by atoms with Crippen LogP contribution in [0.15, 0.2) is 47.5 Å². The molecule has 0 saturated carbocycles. The molecule has 1 aliphatic rings. The molecule has 2 heterocycles. The predicted molar refractivity (Wildman–Crippen MR) is 98.8 cm³/mol. The Morgan fingerprint density at radius 1 is 1.16 bits per heavy atom. The van der Waals surface area contributed by atoms with Gasteiger partial charge in [-0.3, -0.25) is 9.71 Å². The summed E-state index contributed by atoms with van der Waals surface area (Å²) < 4.78 is 27.8. The first-order valence-electron chi connectivity index (χ1n) is 7.71. The number of aromatic nitrogens is 2. The highest BCUT2D eigenvalue weighted by molar-refractivity contribution is 7.92. The molecule has 0 amide bonds. The van der Waals surface area contributed by atoms with Crippen molar-refractivity contribution in [3.63, 3.8) is 0 Å². The highest BCUT2D eigenvalue weighted by Crippen LogP contribution is 2.29. The lowest BCUT2D eigenvalue weighted by atomic mass is 10.2. The minimum Gasteiger partial charge on any atom is -0.374 e. The van der Waals surface area contributed by atoms with Crippen molar-refractivity contribution in [2.24, 2.45) is 0 Å². The predicted octanol–water partition coefficient (Wildman–Crippen LogP) is 3.08. The van der Waals surface area contributed by atoms with Crippen molar-refractivity contribution < 1.29 is 8.42 Å².